The van der Waals surface area contributed by atoms with Crippen molar-refractivity contribution in [2.75, 3.05) is 32.6 Å². The first kappa shape index (κ1) is 16.4. The van der Waals surface area contributed by atoms with Gasteiger partial charge in [0.2, 0.25) is 5.91 Å². The van der Waals surface area contributed by atoms with E-state index in [0.29, 0.717) is 29.5 Å². The molecule has 0 aromatic heterocycles. The van der Waals surface area contributed by atoms with Crippen LogP contribution in [0.3, 0.4) is 0 Å². The number of carbonyl (C=O) groups is 2. The fraction of sp³-hybridized carbons (Fsp3) is 0.467. The van der Waals surface area contributed by atoms with Crippen LogP contribution in [0, 0.1) is 5.92 Å². The molecule has 1 saturated heterocycles. The van der Waals surface area contributed by atoms with E-state index in [1.54, 1.807) is 23.1 Å². The average molecular weight is 327 g/mol. The Labute approximate surface area is 134 Å². The number of hydrogen-bond acceptors (Lipinski definition) is 4. The summed E-state index contributed by atoms with van der Waals surface area (Å²) in [6.45, 7) is 0.957. The van der Waals surface area contributed by atoms with Crippen LogP contribution in [0.25, 0.3) is 0 Å². The number of nitrogens with zero attached hydrogens (tertiary/aromatic N) is 1. The number of rotatable bonds is 3. The number of piperidine rings is 1. The minimum atomic E-state index is -0.405. The summed E-state index contributed by atoms with van der Waals surface area (Å²) in [5, 5.41) is 3.33. The van der Waals surface area contributed by atoms with E-state index >= 15 is 0 Å². The van der Waals surface area contributed by atoms with Crippen molar-refractivity contribution in [3.8, 4) is 5.75 Å². The number of carbonyl (C=O) groups excluding carboxylic acids is 2. The van der Waals surface area contributed by atoms with Crippen LogP contribution in [-0.2, 0) is 9.53 Å². The molecule has 0 aliphatic carbocycles. The van der Waals surface area contributed by atoms with Crippen LogP contribution in [0.4, 0.5) is 10.5 Å². The molecule has 1 aromatic carbocycles. The minimum absolute atomic E-state index is 0.158. The first-order valence-corrected chi connectivity index (χ1v) is 7.40. The Morgan fingerprint density at radius 3 is 2.82 bits per heavy atom. The van der Waals surface area contributed by atoms with E-state index in [0.717, 1.165) is 12.8 Å². The lowest BCUT2D eigenvalue weighted by molar-refractivity contribution is -0.121. The smallest absolute Gasteiger partial charge is 0.409 e. The van der Waals surface area contributed by atoms with Gasteiger partial charge in [-0.25, -0.2) is 4.79 Å². The monoisotopic (exact) mass is 326 g/mol. The fourth-order valence-electron chi connectivity index (χ4n) is 2.50. The highest BCUT2D eigenvalue weighted by Crippen LogP contribution is 2.29. The van der Waals surface area contributed by atoms with Crippen LogP contribution in [-0.4, -0.2) is 44.2 Å². The lowest BCUT2D eigenvalue weighted by Gasteiger charge is -2.30. The summed E-state index contributed by atoms with van der Waals surface area (Å²) in [6.07, 6.45) is 1.08. The molecule has 0 spiro atoms. The Hall–Kier alpha value is -1.95. The minimum Gasteiger partial charge on any atom is -0.495 e. The van der Waals surface area contributed by atoms with Crippen molar-refractivity contribution in [3.05, 3.63) is 23.2 Å². The topological polar surface area (TPSA) is 67.9 Å². The van der Waals surface area contributed by atoms with Gasteiger partial charge in [0.05, 0.1) is 25.8 Å². The molecule has 1 aliphatic heterocycles. The van der Waals surface area contributed by atoms with Gasteiger partial charge in [0, 0.05) is 18.1 Å². The van der Waals surface area contributed by atoms with Crippen LogP contribution in [0.5, 0.6) is 5.75 Å². The molecule has 1 atom stereocenters. The first-order chi connectivity index (χ1) is 10.5. The van der Waals surface area contributed by atoms with Gasteiger partial charge in [0.1, 0.15) is 5.75 Å². The second-order valence-electron chi connectivity index (χ2n) is 5.09. The van der Waals surface area contributed by atoms with Crippen molar-refractivity contribution < 1.29 is 19.1 Å². The van der Waals surface area contributed by atoms with Crippen molar-refractivity contribution in [2.24, 2.45) is 5.92 Å². The molecule has 120 valence electrons. The highest BCUT2D eigenvalue weighted by Gasteiger charge is 2.29. The maximum atomic E-state index is 12.4. The molecule has 1 N–H and O–H groups in total. The van der Waals surface area contributed by atoms with E-state index < -0.39 is 6.09 Å². The number of amides is 2. The zero-order valence-electron chi connectivity index (χ0n) is 12.6. The number of halogens is 1. The summed E-state index contributed by atoms with van der Waals surface area (Å²) in [5.74, 6) is 0.101. The summed E-state index contributed by atoms with van der Waals surface area (Å²) in [4.78, 5) is 25.5. The Morgan fingerprint density at radius 2 is 2.14 bits per heavy atom. The van der Waals surface area contributed by atoms with Crippen LogP contribution in [0.1, 0.15) is 12.8 Å². The Balaban J connectivity index is 2.06. The predicted molar refractivity (Wildman–Crippen MR) is 83.3 cm³/mol. The second kappa shape index (κ2) is 7.35. The number of likely N-dealkylation sites (tertiary alicyclic amines) is 1. The molecular weight excluding hydrogens is 308 g/mol. The van der Waals surface area contributed by atoms with Crippen molar-refractivity contribution >= 4 is 29.3 Å². The molecule has 22 heavy (non-hydrogen) atoms. The Bertz CT molecular complexity index is 564. The first-order valence-electron chi connectivity index (χ1n) is 7.02. The van der Waals surface area contributed by atoms with Crippen molar-refractivity contribution in [3.63, 3.8) is 0 Å². The average Bonchev–Trinajstić information content (AvgIpc) is 2.54. The number of hydrogen-bond donors (Lipinski definition) is 1. The third kappa shape index (κ3) is 3.82. The van der Waals surface area contributed by atoms with E-state index in [4.69, 9.17) is 21.1 Å². The lowest BCUT2D eigenvalue weighted by Crippen LogP contribution is -2.43. The highest BCUT2D eigenvalue weighted by molar-refractivity contribution is 6.31. The molecular formula is C15H19ClN2O4. The number of nitrogens with one attached hydrogen (secondary N) is 1. The molecule has 0 bridgehead atoms. The summed E-state index contributed by atoms with van der Waals surface area (Å²) in [7, 11) is 2.86. The van der Waals surface area contributed by atoms with Gasteiger partial charge in [0.15, 0.2) is 0 Å². The second-order valence-corrected chi connectivity index (χ2v) is 5.53. The summed E-state index contributed by atoms with van der Waals surface area (Å²) in [6, 6.07) is 5.02. The van der Waals surface area contributed by atoms with Gasteiger partial charge in [-0.05, 0) is 31.0 Å². The summed E-state index contributed by atoms with van der Waals surface area (Å²) in [5.41, 5.74) is 0.523. The van der Waals surface area contributed by atoms with Gasteiger partial charge in [-0.1, -0.05) is 11.6 Å². The van der Waals surface area contributed by atoms with Gasteiger partial charge in [0.25, 0.3) is 0 Å². The van der Waals surface area contributed by atoms with Crippen molar-refractivity contribution in [1.82, 2.24) is 4.90 Å². The molecule has 0 saturated carbocycles. The van der Waals surface area contributed by atoms with Crippen molar-refractivity contribution in [2.45, 2.75) is 12.8 Å². The third-order valence-corrected chi connectivity index (χ3v) is 3.88. The van der Waals surface area contributed by atoms with E-state index in [9.17, 15) is 9.59 Å². The third-order valence-electron chi connectivity index (χ3n) is 3.64. The standard InChI is InChI=1S/C15H19ClN2O4/c1-21-13-6-5-11(16)8-12(13)17-14(19)10-4-3-7-18(9-10)15(20)22-2/h5-6,8,10H,3-4,7,9H2,1-2H3,(H,17,19). The number of benzene rings is 1. The van der Waals surface area contributed by atoms with Gasteiger partial charge < -0.3 is 19.7 Å². The lowest BCUT2D eigenvalue weighted by atomic mass is 9.97. The fourth-order valence-corrected chi connectivity index (χ4v) is 2.67. The quantitative estimate of drug-likeness (QED) is 0.927. The van der Waals surface area contributed by atoms with Crippen LogP contribution in [0.2, 0.25) is 5.02 Å². The van der Waals surface area contributed by atoms with E-state index in [1.165, 1.54) is 14.2 Å². The maximum Gasteiger partial charge on any atom is 0.409 e. The zero-order chi connectivity index (χ0) is 16.1. The number of ether oxygens (including phenoxy) is 2. The Kier molecular flexibility index (Phi) is 5.49. The molecule has 2 rings (SSSR count). The van der Waals surface area contributed by atoms with Crippen molar-refractivity contribution in [1.29, 1.82) is 0 Å². The van der Waals surface area contributed by atoms with Gasteiger partial charge in [-0.3, -0.25) is 4.79 Å². The maximum absolute atomic E-state index is 12.4. The van der Waals surface area contributed by atoms with Crippen LogP contribution in [0.15, 0.2) is 18.2 Å². The summed E-state index contributed by atoms with van der Waals surface area (Å²) >= 11 is 5.95. The summed E-state index contributed by atoms with van der Waals surface area (Å²) < 4.78 is 9.91. The van der Waals surface area contributed by atoms with E-state index in [-0.39, 0.29) is 11.8 Å². The molecule has 1 unspecified atom stereocenters. The van der Waals surface area contributed by atoms with Gasteiger partial charge >= 0.3 is 6.09 Å². The Morgan fingerprint density at radius 1 is 1.36 bits per heavy atom. The molecule has 1 aromatic rings. The van der Waals surface area contributed by atoms with Crippen LogP contribution < -0.4 is 10.1 Å². The molecule has 0 radical (unpaired) electrons. The SMILES string of the molecule is COC(=O)N1CCCC(C(=O)Nc2cc(Cl)ccc2OC)C1. The normalized spacial score (nSPS) is 17.8. The van der Waals surface area contributed by atoms with Gasteiger partial charge in [-0.2, -0.15) is 0 Å². The molecule has 1 fully saturated rings. The molecule has 7 heteroatoms. The van der Waals surface area contributed by atoms with E-state index in [2.05, 4.69) is 5.32 Å². The highest BCUT2D eigenvalue weighted by atomic mass is 35.5. The van der Waals surface area contributed by atoms with Crippen LogP contribution >= 0.6 is 11.6 Å². The zero-order valence-corrected chi connectivity index (χ0v) is 13.4. The molecule has 1 heterocycles. The molecule has 2 amide bonds. The number of methoxy groups -OCH3 is 2. The molecule has 1 aliphatic rings. The molecule has 6 nitrogen and oxygen atoms in total. The largest absolute Gasteiger partial charge is 0.495 e. The predicted octanol–water partition coefficient (Wildman–Crippen LogP) is 2.77. The van der Waals surface area contributed by atoms with Gasteiger partial charge in [-0.15, -0.1) is 0 Å². The number of anilines is 1. The van der Waals surface area contributed by atoms with E-state index in [1.807, 2.05) is 0 Å².